The largest absolute Gasteiger partial charge is 0.480 e. The summed E-state index contributed by atoms with van der Waals surface area (Å²) in [7, 11) is 0. The first-order valence-electron chi connectivity index (χ1n) is 7.83. The van der Waals surface area contributed by atoms with Crippen LogP contribution in [0.15, 0.2) is 0 Å². The second-order valence-electron chi connectivity index (χ2n) is 7.25. The number of piperidine rings is 1. The summed E-state index contributed by atoms with van der Waals surface area (Å²) in [6, 6.07) is -0.696. The van der Waals surface area contributed by atoms with E-state index in [-0.39, 0.29) is 12.1 Å². The summed E-state index contributed by atoms with van der Waals surface area (Å²) in [6.07, 6.45) is 4.51. The Morgan fingerprint density at radius 2 is 1.90 bits per heavy atom. The minimum Gasteiger partial charge on any atom is -0.480 e. The van der Waals surface area contributed by atoms with Crippen molar-refractivity contribution in [1.82, 2.24) is 15.5 Å². The van der Waals surface area contributed by atoms with E-state index in [1.165, 1.54) is 12.8 Å². The number of carbonyl (C=O) groups excluding carboxylic acids is 1. The highest BCUT2D eigenvalue weighted by Crippen LogP contribution is 2.27. The van der Waals surface area contributed by atoms with Crippen LogP contribution in [-0.2, 0) is 4.79 Å². The van der Waals surface area contributed by atoms with Crippen LogP contribution in [0.2, 0.25) is 0 Å². The van der Waals surface area contributed by atoms with Crippen molar-refractivity contribution in [1.29, 1.82) is 0 Å². The molecule has 3 N–H and O–H groups in total. The molecule has 0 saturated carbocycles. The number of amides is 2. The van der Waals surface area contributed by atoms with Crippen LogP contribution in [-0.4, -0.2) is 53.2 Å². The first-order valence-corrected chi connectivity index (χ1v) is 7.83. The van der Waals surface area contributed by atoms with Gasteiger partial charge in [-0.15, -0.1) is 0 Å². The van der Waals surface area contributed by atoms with Crippen molar-refractivity contribution in [2.75, 3.05) is 13.1 Å². The number of aliphatic carboxylic acids is 1. The molecule has 6 heteroatoms. The number of carboxylic acids is 1. The van der Waals surface area contributed by atoms with Gasteiger partial charge in [0.2, 0.25) is 0 Å². The van der Waals surface area contributed by atoms with Gasteiger partial charge in [0.1, 0.15) is 6.04 Å². The highest BCUT2D eigenvalue weighted by Gasteiger charge is 2.38. The van der Waals surface area contributed by atoms with Gasteiger partial charge >= 0.3 is 12.0 Å². The summed E-state index contributed by atoms with van der Waals surface area (Å²) < 4.78 is 0. The highest BCUT2D eigenvalue weighted by atomic mass is 16.4. The van der Waals surface area contributed by atoms with Gasteiger partial charge in [-0.05, 0) is 31.2 Å². The van der Waals surface area contributed by atoms with Gasteiger partial charge in [0.25, 0.3) is 0 Å². The fourth-order valence-corrected chi connectivity index (χ4v) is 3.41. The predicted molar refractivity (Wildman–Crippen MR) is 80.2 cm³/mol. The second-order valence-corrected chi connectivity index (χ2v) is 7.25. The molecule has 2 unspecified atom stereocenters. The molecule has 2 amide bonds. The van der Waals surface area contributed by atoms with Crippen LogP contribution in [0.25, 0.3) is 0 Å². The van der Waals surface area contributed by atoms with Crippen molar-refractivity contribution in [2.24, 2.45) is 5.41 Å². The van der Waals surface area contributed by atoms with Crippen LogP contribution in [0.3, 0.4) is 0 Å². The zero-order valence-electron chi connectivity index (χ0n) is 13.2. The number of rotatable bonds is 3. The number of nitrogens with zero attached hydrogens (tertiary/aromatic N) is 1. The lowest BCUT2D eigenvalue weighted by molar-refractivity contribution is -0.141. The number of carbonyl (C=O) groups is 2. The van der Waals surface area contributed by atoms with E-state index in [0.29, 0.717) is 6.04 Å². The molecule has 3 atom stereocenters. The summed E-state index contributed by atoms with van der Waals surface area (Å²) in [4.78, 5) is 25.9. The lowest BCUT2D eigenvalue weighted by Crippen LogP contribution is -2.56. The molecule has 21 heavy (non-hydrogen) atoms. The summed E-state index contributed by atoms with van der Waals surface area (Å²) in [5.41, 5.74) is -0.518. The van der Waals surface area contributed by atoms with Crippen LogP contribution >= 0.6 is 0 Å². The Hall–Kier alpha value is -1.30. The van der Waals surface area contributed by atoms with Crippen LogP contribution in [0.4, 0.5) is 4.79 Å². The molecule has 0 spiro atoms. The molecule has 0 aromatic heterocycles. The Morgan fingerprint density at radius 3 is 2.52 bits per heavy atom. The van der Waals surface area contributed by atoms with E-state index in [0.717, 1.165) is 25.9 Å². The van der Waals surface area contributed by atoms with E-state index in [4.69, 9.17) is 0 Å². The monoisotopic (exact) mass is 297 g/mol. The van der Waals surface area contributed by atoms with Crippen LogP contribution in [0, 0.1) is 5.41 Å². The third-order valence-corrected chi connectivity index (χ3v) is 4.56. The van der Waals surface area contributed by atoms with E-state index in [1.807, 2.05) is 20.8 Å². The second kappa shape index (κ2) is 6.22. The van der Waals surface area contributed by atoms with Crippen molar-refractivity contribution < 1.29 is 14.7 Å². The first kappa shape index (κ1) is 16.1. The van der Waals surface area contributed by atoms with E-state index >= 15 is 0 Å². The molecule has 0 aromatic rings. The molecule has 120 valence electrons. The maximum Gasteiger partial charge on any atom is 0.326 e. The molecule has 2 fully saturated rings. The van der Waals surface area contributed by atoms with E-state index in [1.54, 1.807) is 0 Å². The molecule has 0 radical (unpaired) electrons. The normalized spacial score (nSPS) is 27.8. The van der Waals surface area contributed by atoms with Gasteiger partial charge in [0.15, 0.2) is 0 Å². The number of urea groups is 1. The third-order valence-electron chi connectivity index (χ3n) is 4.56. The topological polar surface area (TPSA) is 81.7 Å². The van der Waals surface area contributed by atoms with Crippen molar-refractivity contribution in [3.05, 3.63) is 0 Å². The van der Waals surface area contributed by atoms with Gasteiger partial charge < -0.3 is 15.7 Å². The average molecular weight is 297 g/mol. The summed E-state index contributed by atoms with van der Waals surface area (Å²) in [6.45, 7) is 7.57. The summed E-state index contributed by atoms with van der Waals surface area (Å²) in [5.74, 6) is -0.997. The Kier molecular flexibility index (Phi) is 4.76. The minimum atomic E-state index is -0.997. The fraction of sp³-hybridized carbons (Fsp3) is 0.867. The van der Waals surface area contributed by atoms with E-state index in [2.05, 4.69) is 15.5 Å². The predicted octanol–water partition coefficient (Wildman–Crippen LogP) is 1.41. The highest BCUT2D eigenvalue weighted by molar-refractivity contribution is 5.83. The van der Waals surface area contributed by atoms with Gasteiger partial charge in [-0.3, -0.25) is 4.90 Å². The van der Waals surface area contributed by atoms with Crippen LogP contribution in [0.5, 0.6) is 0 Å². The van der Waals surface area contributed by atoms with Crippen molar-refractivity contribution in [3.8, 4) is 0 Å². The molecule has 6 nitrogen and oxygen atoms in total. The quantitative estimate of drug-likeness (QED) is 0.735. The van der Waals surface area contributed by atoms with Gasteiger partial charge in [-0.2, -0.15) is 0 Å². The van der Waals surface area contributed by atoms with Crippen molar-refractivity contribution in [2.45, 2.75) is 64.6 Å². The van der Waals surface area contributed by atoms with Crippen LogP contribution < -0.4 is 10.6 Å². The van der Waals surface area contributed by atoms with Gasteiger partial charge in [0.05, 0.1) is 0 Å². The molecule has 2 saturated heterocycles. The van der Waals surface area contributed by atoms with Crippen molar-refractivity contribution in [3.63, 3.8) is 0 Å². The molecule has 2 aliphatic rings. The zero-order chi connectivity index (χ0) is 15.6. The number of hydrogen-bond donors (Lipinski definition) is 3. The SMILES string of the molecule is CC(C)(C)[C@@H](NC(=O)NC1CCN2CCCCC12)C(=O)O. The maximum absolute atomic E-state index is 12.1. The maximum atomic E-state index is 12.1. The Morgan fingerprint density at radius 1 is 1.19 bits per heavy atom. The molecule has 2 heterocycles. The standard InChI is InChI=1S/C15H27N3O3/c1-15(2,3)12(13(19)20)17-14(21)16-10-7-9-18-8-5-4-6-11(10)18/h10-12H,4-9H2,1-3H3,(H,19,20)(H2,16,17,21)/t10?,11?,12-/m0/s1. The third kappa shape index (κ3) is 3.87. The lowest BCUT2D eigenvalue weighted by Gasteiger charge is -2.33. The van der Waals surface area contributed by atoms with Gasteiger partial charge in [-0.1, -0.05) is 27.2 Å². The number of fused-ring (bicyclic) bond motifs is 1. The first-order chi connectivity index (χ1) is 9.79. The fourth-order valence-electron chi connectivity index (χ4n) is 3.41. The van der Waals surface area contributed by atoms with Crippen molar-refractivity contribution >= 4 is 12.0 Å². The van der Waals surface area contributed by atoms with Gasteiger partial charge in [0, 0.05) is 18.6 Å². The minimum absolute atomic E-state index is 0.139. The average Bonchev–Trinajstić information content (AvgIpc) is 2.78. The number of carboxylic acid groups (broad SMARTS) is 1. The van der Waals surface area contributed by atoms with Gasteiger partial charge in [-0.25, -0.2) is 9.59 Å². The van der Waals surface area contributed by atoms with E-state index in [9.17, 15) is 14.7 Å². The summed E-state index contributed by atoms with van der Waals surface area (Å²) >= 11 is 0. The molecule has 0 bridgehead atoms. The Labute approximate surface area is 126 Å². The molecule has 2 rings (SSSR count). The Bertz CT molecular complexity index is 405. The van der Waals surface area contributed by atoms with Crippen LogP contribution in [0.1, 0.15) is 46.5 Å². The molecule has 2 aliphatic heterocycles. The molecular formula is C15H27N3O3. The molecule has 0 aromatic carbocycles. The lowest BCUT2D eigenvalue weighted by atomic mass is 9.87. The Balaban J connectivity index is 1.91. The zero-order valence-corrected chi connectivity index (χ0v) is 13.2. The number of nitrogens with one attached hydrogen (secondary N) is 2. The number of hydrogen-bond acceptors (Lipinski definition) is 3. The molecule has 0 aliphatic carbocycles. The molecular weight excluding hydrogens is 270 g/mol. The summed E-state index contributed by atoms with van der Waals surface area (Å²) in [5, 5.41) is 14.8. The van der Waals surface area contributed by atoms with E-state index < -0.39 is 17.4 Å². The smallest absolute Gasteiger partial charge is 0.326 e.